The largest absolute Gasteiger partial charge is 0.457 e. The van der Waals surface area contributed by atoms with Gasteiger partial charge in [0.25, 0.3) is 0 Å². The molecule has 1 amide bonds. The highest BCUT2D eigenvalue weighted by molar-refractivity contribution is 5.93. The number of anilines is 2. The molecule has 0 atom stereocenters. The molecular weight excluding hydrogens is 376 g/mol. The number of carbonyl (C=O) groups excluding carboxylic acids is 1. The summed E-state index contributed by atoms with van der Waals surface area (Å²) >= 11 is 0. The standard InChI is InChI=1S/C24H20N4O2/c1-16-15-26-24(18-9-7-17(8-10-18)22(25)29)28-23(16)27-19-11-13-21(14-12-19)30-20-5-3-2-4-6-20/h2-15H,1H3,(H2,25,29)(H,26,27,28). The van der Waals surface area contributed by atoms with Crippen molar-refractivity contribution >= 4 is 17.4 Å². The fourth-order valence-corrected chi connectivity index (χ4v) is 2.86. The average molecular weight is 396 g/mol. The summed E-state index contributed by atoms with van der Waals surface area (Å²) < 4.78 is 5.82. The number of hydrogen-bond acceptors (Lipinski definition) is 5. The van der Waals surface area contributed by atoms with E-state index in [1.165, 1.54) is 0 Å². The SMILES string of the molecule is Cc1cnc(-c2ccc(C(N)=O)cc2)nc1Nc1ccc(Oc2ccccc2)cc1. The molecule has 0 fully saturated rings. The van der Waals surface area contributed by atoms with Crippen molar-refractivity contribution < 1.29 is 9.53 Å². The number of para-hydroxylation sites is 1. The van der Waals surface area contributed by atoms with E-state index in [9.17, 15) is 4.79 Å². The zero-order valence-electron chi connectivity index (χ0n) is 16.4. The Kier molecular flexibility index (Phi) is 5.39. The van der Waals surface area contributed by atoms with Crippen LogP contribution in [-0.2, 0) is 0 Å². The molecule has 1 heterocycles. The number of nitrogens with one attached hydrogen (secondary N) is 1. The molecule has 0 aliphatic heterocycles. The summed E-state index contributed by atoms with van der Waals surface area (Å²) in [5.74, 6) is 2.34. The molecule has 0 aliphatic rings. The lowest BCUT2D eigenvalue weighted by Crippen LogP contribution is -2.10. The van der Waals surface area contributed by atoms with Crippen molar-refractivity contribution in [3.8, 4) is 22.9 Å². The topological polar surface area (TPSA) is 90.1 Å². The second-order valence-corrected chi connectivity index (χ2v) is 6.73. The lowest BCUT2D eigenvalue weighted by Gasteiger charge is -2.11. The van der Waals surface area contributed by atoms with Crippen LogP contribution in [0.4, 0.5) is 11.5 Å². The van der Waals surface area contributed by atoms with Crippen molar-refractivity contribution in [2.75, 3.05) is 5.32 Å². The molecule has 0 radical (unpaired) electrons. The predicted molar refractivity (Wildman–Crippen MR) is 117 cm³/mol. The lowest BCUT2D eigenvalue weighted by atomic mass is 10.1. The Hall–Kier alpha value is -4.19. The van der Waals surface area contributed by atoms with Crippen LogP contribution in [0.15, 0.2) is 85.1 Å². The molecule has 4 rings (SSSR count). The Morgan fingerprint density at radius 2 is 1.57 bits per heavy atom. The van der Waals surface area contributed by atoms with Crippen LogP contribution in [0.25, 0.3) is 11.4 Å². The number of hydrogen-bond donors (Lipinski definition) is 2. The minimum Gasteiger partial charge on any atom is -0.457 e. The maximum Gasteiger partial charge on any atom is 0.248 e. The number of aromatic nitrogens is 2. The molecule has 1 aromatic heterocycles. The fourth-order valence-electron chi connectivity index (χ4n) is 2.86. The first-order valence-electron chi connectivity index (χ1n) is 9.42. The smallest absolute Gasteiger partial charge is 0.248 e. The first-order valence-corrected chi connectivity index (χ1v) is 9.42. The Morgan fingerprint density at radius 3 is 2.23 bits per heavy atom. The van der Waals surface area contributed by atoms with Gasteiger partial charge in [0.05, 0.1) is 0 Å². The summed E-state index contributed by atoms with van der Waals surface area (Å²) in [6.07, 6.45) is 1.76. The van der Waals surface area contributed by atoms with Crippen molar-refractivity contribution in [3.63, 3.8) is 0 Å². The number of benzene rings is 3. The first-order chi connectivity index (χ1) is 14.6. The molecule has 6 nitrogen and oxygen atoms in total. The number of amides is 1. The highest BCUT2D eigenvalue weighted by Crippen LogP contribution is 2.26. The van der Waals surface area contributed by atoms with Gasteiger partial charge >= 0.3 is 0 Å². The maximum atomic E-state index is 11.2. The zero-order valence-corrected chi connectivity index (χ0v) is 16.4. The summed E-state index contributed by atoms with van der Waals surface area (Å²) in [5.41, 5.74) is 8.34. The van der Waals surface area contributed by atoms with Gasteiger partial charge in [-0.25, -0.2) is 9.97 Å². The van der Waals surface area contributed by atoms with Crippen LogP contribution in [0.2, 0.25) is 0 Å². The number of rotatable bonds is 6. The number of nitrogens with zero attached hydrogens (tertiary/aromatic N) is 2. The number of nitrogens with two attached hydrogens (primary N) is 1. The van der Waals surface area contributed by atoms with E-state index in [1.807, 2.05) is 61.5 Å². The molecule has 6 heteroatoms. The Morgan fingerprint density at radius 1 is 0.900 bits per heavy atom. The van der Waals surface area contributed by atoms with E-state index in [2.05, 4.69) is 15.3 Å². The quantitative estimate of drug-likeness (QED) is 0.474. The summed E-state index contributed by atoms with van der Waals surface area (Å²) in [4.78, 5) is 20.3. The van der Waals surface area contributed by atoms with Crippen LogP contribution >= 0.6 is 0 Å². The lowest BCUT2D eigenvalue weighted by molar-refractivity contribution is 0.100. The van der Waals surface area contributed by atoms with Crippen LogP contribution in [0, 0.1) is 6.92 Å². The molecule has 0 bridgehead atoms. The van der Waals surface area contributed by atoms with Gasteiger partial charge < -0.3 is 15.8 Å². The van der Waals surface area contributed by atoms with Gasteiger partial charge in [-0.1, -0.05) is 30.3 Å². The molecular formula is C24H20N4O2. The van der Waals surface area contributed by atoms with Crippen molar-refractivity contribution in [2.45, 2.75) is 6.92 Å². The van der Waals surface area contributed by atoms with Crippen molar-refractivity contribution in [1.29, 1.82) is 0 Å². The molecule has 3 aromatic carbocycles. The van der Waals surface area contributed by atoms with Crippen LogP contribution in [0.1, 0.15) is 15.9 Å². The van der Waals surface area contributed by atoms with Crippen LogP contribution in [0.3, 0.4) is 0 Å². The van der Waals surface area contributed by atoms with Crippen molar-refractivity contribution in [2.24, 2.45) is 5.73 Å². The molecule has 0 saturated carbocycles. The molecule has 0 aliphatic carbocycles. The molecule has 0 saturated heterocycles. The zero-order chi connectivity index (χ0) is 20.9. The van der Waals surface area contributed by atoms with Gasteiger partial charge in [-0.3, -0.25) is 4.79 Å². The van der Waals surface area contributed by atoms with Gasteiger partial charge in [-0.15, -0.1) is 0 Å². The van der Waals surface area contributed by atoms with Gasteiger partial charge in [0.2, 0.25) is 5.91 Å². The molecule has 3 N–H and O–H groups in total. The normalized spacial score (nSPS) is 10.4. The van der Waals surface area contributed by atoms with Gasteiger partial charge in [0, 0.05) is 28.6 Å². The third-order valence-corrected chi connectivity index (χ3v) is 4.50. The molecule has 0 unspecified atom stereocenters. The van der Waals surface area contributed by atoms with Gasteiger partial charge in [0.1, 0.15) is 17.3 Å². The van der Waals surface area contributed by atoms with Crippen molar-refractivity contribution in [3.05, 3.63) is 96.2 Å². The van der Waals surface area contributed by atoms with E-state index in [-0.39, 0.29) is 0 Å². The maximum absolute atomic E-state index is 11.2. The van der Waals surface area contributed by atoms with E-state index < -0.39 is 5.91 Å². The number of ether oxygens (including phenoxy) is 1. The van der Waals surface area contributed by atoms with E-state index in [4.69, 9.17) is 10.5 Å². The highest BCUT2D eigenvalue weighted by atomic mass is 16.5. The van der Waals surface area contributed by atoms with E-state index in [0.29, 0.717) is 17.2 Å². The summed E-state index contributed by atoms with van der Waals surface area (Å²) in [6.45, 7) is 1.94. The van der Waals surface area contributed by atoms with Crippen molar-refractivity contribution in [1.82, 2.24) is 9.97 Å². The fraction of sp³-hybridized carbons (Fsp3) is 0.0417. The number of primary amides is 1. The molecule has 30 heavy (non-hydrogen) atoms. The Bertz CT molecular complexity index is 1160. The van der Waals surface area contributed by atoms with Crippen LogP contribution < -0.4 is 15.8 Å². The Balaban J connectivity index is 1.51. The molecule has 148 valence electrons. The predicted octanol–water partition coefficient (Wildman–Crippen LogP) is 5.09. The van der Waals surface area contributed by atoms with E-state index in [1.54, 1.807) is 30.5 Å². The molecule has 4 aromatic rings. The first kappa shape index (κ1) is 19.1. The molecule has 0 spiro atoms. The monoisotopic (exact) mass is 396 g/mol. The number of carbonyl (C=O) groups is 1. The van der Waals surface area contributed by atoms with Gasteiger partial charge in [-0.05, 0) is 55.5 Å². The summed E-state index contributed by atoms with van der Waals surface area (Å²) in [6, 6.07) is 24.2. The third kappa shape index (κ3) is 4.44. The van der Waals surface area contributed by atoms with E-state index in [0.717, 1.165) is 28.3 Å². The van der Waals surface area contributed by atoms with E-state index >= 15 is 0 Å². The third-order valence-electron chi connectivity index (χ3n) is 4.50. The minimum atomic E-state index is -0.464. The highest BCUT2D eigenvalue weighted by Gasteiger charge is 2.08. The van der Waals surface area contributed by atoms with Crippen LogP contribution in [0.5, 0.6) is 11.5 Å². The second-order valence-electron chi connectivity index (χ2n) is 6.73. The average Bonchev–Trinajstić information content (AvgIpc) is 2.77. The van der Waals surface area contributed by atoms with Gasteiger partial charge in [0.15, 0.2) is 5.82 Å². The summed E-state index contributed by atoms with van der Waals surface area (Å²) in [5, 5.41) is 3.32. The van der Waals surface area contributed by atoms with Gasteiger partial charge in [-0.2, -0.15) is 0 Å². The minimum absolute atomic E-state index is 0.446. The Labute approximate surface area is 174 Å². The number of aryl methyl sites for hydroxylation is 1. The summed E-state index contributed by atoms with van der Waals surface area (Å²) in [7, 11) is 0. The van der Waals surface area contributed by atoms with Crippen LogP contribution in [-0.4, -0.2) is 15.9 Å². The second kappa shape index (κ2) is 8.45.